The van der Waals surface area contributed by atoms with Gasteiger partial charge in [0, 0.05) is 0 Å². The number of hydrogen-bond acceptors (Lipinski definition) is 7. The van der Waals surface area contributed by atoms with Crippen LogP contribution in [0.3, 0.4) is 0 Å². The van der Waals surface area contributed by atoms with Crippen LogP contribution in [0, 0.1) is 13.8 Å². The molecule has 2 aromatic rings. The topological polar surface area (TPSA) is 92.3 Å². The number of benzene rings is 1. The molecule has 0 radical (unpaired) electrons. The molecule has 0 bridgehead atoms. The molecule has 1 heterocycles. The fourth-order valence-corrected chi connectivity index (χ4v) is 4.96. The van der Waals surface area contributed by atoms with Gasteiger partial charge in [0.1, 0.15) is 6.04 Å². The van der Waals surface area contributed by atoms with Gasteiger partial charge in [-0.3, -0.25) is 14.4 Å². The number of aryl methyl sites for hydroxylation is 2. The number of carbonyl (C=O) groups is 1. The van der Waals surface area contributed by atoms with Gasteiger partial charge in [0.15, 0.2) is 4.34 Å². The molecule has 0 aliphatic carbocycles. The smallest absolute Gasteiger partial charge is 0.250 e. The molecule has 142 valence electrons. The largest absolute Gasteiger partial charge is 0.299 e. The van der Waals surface area contributed by atoms with Crippen LogP contribution in [0.2, 0.25) is 0 Å². The number of rotatable bonds is 7. The minimum atomic E-state index is -3.67. The van der Waals surface area contributed by atoms with Gasteiger partial charge < -0.3 is 0 Å². The maximum Gasteiger partial charge on any atom is 0.250 e. The summed E-state index contributed by atoms with van der Waals surface area (Å²) >= 11 is 2.68. The number of amides is 1. The Morgan fingerprint density at radius 3 is 2.58 bits per heavy atom. The van der Waals surface area contributed by atoms with Crippen molar-refractivity contribution in [1.82, 2.24) is 10.2 Å². The number of nitrogens with zero attached hydrogens (tertiary/aromatic N) is 3. The van der Waals surface area contributed by atoms with Crippen LogP contribution in [0.5, 0.6) is 0 Å². The molecular formula is C16H22N4O3S3. The van der Waals surface area contributed by atoms with Crippen molar-refractivity contribution in [3.63, 3.8) is 0 Å². The average Bonchev–Trinajstić information content (AvgIpc) is 3.01. The number of hydrogen-bond donors (Lipinski definition) is 1. The molecule has 0 aliphatic rings. The number of thioether (sulfide) groups is 1. The Balaban J connectivity index is 2.41. The molecule has 0 spiro atoms. The van der Waals surface area contributed by atoms with Gasteiger partial charge in [-0.1, -0.05) is 42.2 Å². The second-order valence-corrected chi connectivity index (χ2v) is 9.73. The molecule has 0 fully saturated rings. The molecular weight excluding hydrogens is 392 g/mol. The van der Waals surface area contributed by atoms with E-state index in [1.165, 1.54) is 27.4 Å². The third kappa shape index (κ3) is 4.74. The Kier molecular flexibility index (Phi) is 6.64. The summed E-state index contributed by atoms with van der Waals surface area (Å²) in [6.07, 6.45) is 3.30. The number of carbonyl (C=O) groups excluding carboxylic acids is 1. The van der Waals surface area contributed by atoms with Crippen LogP contribution in [-0.2, 0) is 14.8 Å². The molecule has 0 unspecified atom stereocenters. The molecule has 1 amide bonds. The monoisotopic (exact) mass is 414 g/mol. The van der Waals surface area contributed by atoms with Crippen LogP contribution in [0.25, 0.3) is 0 Å². The molecule has 0 saturated heterocycles. The number of aromatic nitrogens is 2. The van der Waals surface area contributed by atoms with Crippen molar-refractivity contribution < 1.29 is 13.2 Å². The number of anilines is 2. The standard InChI is InChI=1S/C16H22N4O3S3/c1-6-12(14(21)17-15-18-19-16(24-4)25-15)20(26(5,22)23)13-9-10(2)7-8-11(13)3/h7-9,12H,6H2,1-5H3,(H,17,18,21)/t12-/m1/s1. The van der Waals surface area contributed by atoms with Gasteiger partial charge in [0.25, 0.3) is 0 Å². The number of nitrogens with one attached hydrogen (secondary N) is 1. The molecule has 10 heteroatoms. The van der Waals surface area contributed by atoms with Gasteiger partial charge in [-0.2, -0.15) is 0 Å². The molecule has 1 N–H and O–H groups in total. The summed E-state index contributed by atoms with van der Waals surface area (Å²) in [5.74, 6) is -0.428. The summed E-state index contributed by atoms with van der Waals surface area (Å²) < 4.78 is 27.0. The zero-order chi connectivity index (χ0) is 19.5. The van der Waals surface area contributed by atoms with Gasteiger partial charge in [-0.15, -0.1) is 10.2 Å². The lowest BCUT2D eigenvalue weighted by Crippen LogP contribution is -2.47. The van der Waals surface area contributed by atoms with E-state index in [2.05, 4.69) is 15.5 Å². The zero-order valence-corrected chi connectivity index (χ0v) is 17.8. The molecule has 1 aromatic heterocycles. The summed E-state index contributed by atoms with van der Waals surface area (Å²) in [6, 6.07) is 4.66. The lowest BCUT2D eigenvalue weighted by atomic mass is 10.1. The van der Waals surface area contributed by atoms with Crippen molar-refractivity contribution in [1.29, 1.82) is 0 Å². The molecule has 1 atom stereocenters. The Bertz CT molecular complexity index is 896. The van der Waals surface area contributed by atoms with E-state index in [0.717, 1.165) is 21.7 Å². The predicted octanol–water partition coefficient (Wildman–Crippen LogP) is 3.06. The summed E-state index contributed by atoms with van der Waals surface area (Å²) in [7, 11) is -3.67. The highest BCUT2D eigenvalue weighted by Gasteiger charge is 2.33. The zero-order valence-electron chi connectivity index (χ0n) is 15.3. The number of sulfonamides is 1. The van der Waals surface area contributed by atoms with Gasteiger partial charge >= 0.3 is 0 Å². The summed E-state index contributed by atoms with van der Waals surface area (Å²) in [5.41, 5.74) is 2.22. The van der Waals surface area contributed by atoms with Gasteiger partial charge in [0.05, 0.1) is 11.9 Å². The Morgan fingerprint density at radius 1 is 1.35 bits per heavy atom. The van der Waals surface area contributed by atoms with E-state index in [-0.39, 0.29) is 0 Å². The van der Waals surface area contributed by atoms with Crippen molar-refractivity contribution in [2.45, 2.75) is 37.6 Å². The minimum Gasteiger partial charge on any atom is -0.299 e. The van der Waals surface area contributed by atoms with Crippen LogP contribution in [0.4, 0.5) is 10.8 Å². The summed E-state index contributed by atoms with van der Waals surface area (Å²) in [6.45, 7) is 5.49. The Labute approximate surface area is 162 Å². The third-order valence-electron chi connectivity index (χ3n) is 3.74. The second kappa shape index (κ2) is 8.36. The fraction of sp³-hybridized carbons (Fsp3) is 0.438. The van der Waals surface area contributed by atoms with E-state index in [4.69, 9.17) is 0 Å². The van der Waals surface area contributed by atoms with E-state index >= 15 is 0 Å². The Hall–Kier alpha value is -1.65. The van der Waals surface area contributed by atoms with Crippen LogP contribution in [0.1, 0.15) is 24.5 Å². The molecule has 0 aliphatic heterocycles. The third-order valence-corrected chi connectivity index (χ3v) is 6.72. The second-order valence-electron chi connectivity index (χ2n) is 5.84. The van der Waals surface area contributed by atoms with Crippen LogP contribution in [-0.4, -0.2) is 43.1 Å². The van der Waals surface area contributed by atoms with Crippen LogP contribution < -0.4 is 9.62 Å². The lowest BCUT2D eigenvalue weighted by Gasteiger charge is -2.31. The average molecular weight is 415 g/mol. The van der Waals surface area contributed by atoms with Gasteiger partial charge in [0.2, 0.25) is 21.1 Å². The van der Waals surface area contributed by atoms with Crippen molar-refractivity contribution in [2.24, 2.45) is 0 Å². The van der Waals surface area contributed by atoms with E-state index in [0.29, 0.717) is 17.2 Å². The van der Waals surface area contributed by atoms with E-state index < -0.39 is 22.0 Å². The highest BCUT2D eigenvalue weighted by atomic mass is 32.2. The van der Waals surface area contributed by atoms with Crippen LogP contribution >= 0.6 is 23.1 Å². The maximum atomic E-state index is 12.8. The van der Waals surface area contributed by atoms with Crippen molar-refractivity contribution in [2.75, 3.05) is 22.1 Å². The normalized spacial score (nSPS) is 12.7. The lowest BCUT2D eigenvalue weighted by molar-refractivity contribution is -0.117. The van der Waals surface area contributed by atoms with E-state index in [1.807, 2.05) is 32.2 Å². The first-order chi connectivity index (χ1) is 12.2. The summed E-state index contributed by atoms with van der Waals surface area (Å²) in [4.78, 5) is 12.8. The van der Waals surface area contributed by atoms with Gasteiger partial charge in [-0.25, -0.2) is 8.42 Å². The first kappa shape index (κ1) is 20.7. The molecule has 7 nitrogen and oxygen atoms in total. The SMILES string of the molecule is CC[C@H](C(=O)Nc1nnc(SC)s1)N(c1cc(C)ccc1C)S(C)(=O)=O. The van der Waals surface area contributed by atoms with Crippen LogP contribution in [0.15, 0.2) is 22.5 Å². The van der Waals surface area contributed by atoms with Gasteiger partial charge in [-0.05, 0) is 43.7 Å². The molecule has 0 saturated carbocycles. The molecule has 1 aromatic carbocycles. The van der Waals surface area contributed by atoms with Crippen molar-refractivity contribution in [3.05, 3.63) is 29.3 Å². The molecule has 2 rings (SSSR count). The van der Waals surface area contributed by atoms with E-state index in [1.54, 1.807) is 13.0 Å². The predicted molar refractivity (Wildman–Crippen MR) is 108 cm³/mol. The molecule has 26 heavy (non-hydrogen) atoms. The maximum absolute atomic E-state index is 12.8. The van der Waals surface area contributed by atoms with E-state index in [9.17, 15) is 13.2 Å². The first-order valence-corrected chi connectivity index (χ1v) is 11.8. The quantitative estimate of drug-likeness (QED) is 0.553. The highest BCUT2D eigenvalue weighted by molar-refractivity contribution is 8.00. The highest BCUT2D eigenvalue weighted by Crippen LogP contribution is 2.29. The Morgan fingerprint density at radius 2 is 2.04 bits per heavy atom. The minimum absolute atomic E-state index is 0.320. The summed E-state index contributed by atoms with van der Waals surface area (Å²) in [5, 5.41) is 10.9. The fourth-order valence-electron chi connectivity index (χ4n) is 2.52. The van der Waals surface area contributed by atoms with Crippen molar-refractivity contribution >= 4 is 49.8 Å². The van der Waals surface area contributed by atoms with Crippen molar-refractivity contribution in [3.8, 4) is 0 Å². The first-order valence-electron chi connectivity index (χ1n) is 7.92.